The summed E-state index contributed by atoms with van der Waals surface area (Å²) >= 11 is 1.52. The second-order valence-electron chi connectivity index (χ2n) is 16.8. The number of nitrogens with two attached hydrogens (primary N) is 1. The maximum absolute atomic E-state index is 16.8. The molecule has 2 aromatic carbocycles. The van der Waals surface area contributed by atoms with Crippen LogP contribution in [-0.4, -0.2) is 103 Å². The normalized spacial score (nSPS) is 27.3. The molecular formula is C41H58FN7O4S. The van der Waals surface area contributed by atoms with Crippen molar-refractivity contribution in [3.05, 3.63) is 69.9 Å². The summed E-state index contributed by atoms with van der Waals surface area (Å²) in [6, 6.07) is 9.48. The van der Waals surface area contributed by atoms with Crippen LogP contribution in [0.15, 0.2) is 47.3 Å². The summed E-state index contributed by atoms with van der Waals surface area (Å²) in [5.74, 6) is -0.166. The van der Waals surface area contributed by atoms with E-state index in [0.29, 0.717) is 53.0 Å². The quantitative estimate of drug-likeness (QED) is 0.187. The van der Waals surface area contributed by atoms with Gasteiger partial charge in [0.2, 0.25) is 5.91 Å². The molecular weight excluding hydrogens is 706 g/mol. The van der Waals surface area contributed by atoms with E-state index in [9.17, 15) is 14.7 Å². The largest absolute Gasteiger partial charge is 0.393 e. The number of aliphatic hydroxyl groups excluding tert-OH is 1. The van der Waals surface area contributed by atoms with Gasteiger partial charge in [-0.05, 0) is 80.8 Å². The first-order chi connectivity index (χ1) is 25.6. The lowest BCUT2D eigenvalue weighted by Crippen LogP contribution is -2.62. The third kappa shape index (κ3) is 8.22. The van der Waals surface area contributed by atoms with Crippen LogP contribution in [0.4, 0.5) is 10.1 Å². The number of carbonyl (C=O) groups is 2. The van der Waals surface area contributed by atoms with Crippen LogP contribution in [-0.2, 0) is 22.6 Å². The average Bonchev–Trinajstić information content (AvgIpc) is 3.77. The van der Waals surface area contributed by atoms with Crippen LogP contribution >= 0.6 is 11.3 Å². The maximum Gasteiger partial charge on any atom is 0.251 e. The second-order valence-corrected chi connectivity index (χ2v) is 17.6. The number of hydrogen-bond acceptors (Lipinski definition) is 10. The number of halogens is 1. The molecule has 0 spiro atoms. The van der Waals surface area contributed by atoms with E-state index in [4.69, 9.17) is 10.6 Å². The Morgan fingerprint density at radius 2 is 1.94 bits per heavy atom. The van der Waals surface area contributed by atoms with Gasteiger partial charge in [0, 0.05) is 79.4 Å². The predicted octanol–water partition coefficient (Wildman–Crippen LogP) is 4.54. The van der Waals surface area contributed by atoms with Crippen molar-refractivity contribution < 1.29 is 23.9 Å². The molecule has 3 saturated carbocycles. The summed E-state index contributed by atoms with van der Waals surface area (Å²) < 4.78 is 16.8. The zero-order valence-corrected chi connectivity index (χ0v) is 33.7. The molecule has 4 fully saturated rings. The average molecular weight is 764 g/mol. The van der Waals surface area contributed by atoms with Crippen molar-refractivity contribution in [1.29, 1.82) is 0 Å². The smallest absolute Gasteiger partial charge is 0.251 e. The van der Waals surface area contributed by atoms with E-state index in [2.05, 4.69) is 36.4 Å². The Labute approximate surface area is 323 Å². The summed E-state index contributed by atoms with van der Waals surface area (Å²) in [7, 11) is 7.68. The Morgan fingerprint density at radius 1 is 1.19 bits per heavy atom. The highest BCUT2D eigenvalue weighted by Crippen LogP contribution is 2.61. The Bertz CT molecular complexity index is 1790. The van der Waals surface area contributed by atoms with Gasteiger partial charge in [0.15, 0.2) is 0 Å². The van der Waals surface area contributed by atoms with Crippen LogP contribution < -0.4 is 21.3 Å². The number of aliphatic hydroxyl groups is 1. The summed E-state index contributed by atoms with van der Waals surface area (Å²) in [5, 5.41) is 20.9. The number of carbonyl (C=O) groups excluding carboxylic acids is 2. The van der Waals surface area contributed by atoms with E-state index >= 15 is 4.39 Å². The van der Waals surface area contributed by atoms with Crippen LogP contribution in [0.2, 0.25) is 0 Å². The van der Waals surface area contributed by atoms with Gasteiger partial charge < -0.3 is 31.3 Å². The summed E-state index contributed by atoms with van der Waals surface area (Å²) in [6.07, 6.45) is 1.18. The van der Waals surface area contributed by atoms with E-state index < -0.39 is 30.0 Å². The molecule has 3 aliphatic carbocycles. The number of nitrogens with zero attached hydrogens (tertiary/aromatic N) is 4. The highest BCUT2D eigenvalue weighted by molar-refractivity contribution is 7.07. The van der Waals surface area contributed by atoms with Gasteiger partial charge in [-0.1, -0.05) is 39.0 Å². The first-order valence-electron chi connectivity index (χ1n) is 19.1. The summed E-state index contributed by atoms with van der Waals surface area (Å²) in [4.78, 5) is 42.6. The van der Waals surface area contributed by atoms with E-state index in [1.165, 1.54) is 22.8 Å². The van der Waals surface area contributed by atoms with Gasteiger partial charge in [0.1, 0.15) is 11.9 Å². The number of aromatic nitrogens is 1. The minimum absolute atomic E-state index is 0.0172. The number of amides is 2. The maximum atomic E-state index is 16.8. The lowest BCUT2D eigenvalue weighted by Gasteiger charge is -2.62. The molecule has 2 bridgehead atoms. The molecule has 1 aliphatic heterocycles. The number of nitrogens with one attached hydrogen (secondary N) is 2. The fraction of sp³-hybridized carbons (Fsp3) is 0.585. The van der Waals surface area contributed by atoms with E-state index in [-0.39, 0.29) is 42.4 Å². The van der Waals surface area contributed by atoms with Gasteiger partial charge in [0.25, 0.3) is 5.91 Å². The van der Waals surface area contributed by atoms with Gasteiger partial charge in [-0.15, -0.1) is 11.3 Å². The Hall–Kier alpha value is -3.46. The summed E-state index contributed by atoms with van der Waals surface area (Å²) in [5.41, 5.74) is 11.4. The van der Waals surface area contributed by atoms with Gasteiger partial charge in [0.05, 0.1) is 30.0 Å². The van der Waals surface area contributed by atoms with Gasteiger partial charge >= 0.3 is 0 Å². The molecule has 11 nitrogen and oxygen atoms in total. The van der Waals surface area contributed by atoms with E-state index in [0.717, 1.165) is 17.8 Å². The van der Waals surface area contributed by atoms with E-state index in [1.807, 2.05) is 49.4 Å². The number of hydroxylamine groups is 2. The number of fused-ring (bicyclic) bond motifs is 2. The Morgan fingerprint density at radius 3 is 2.56 bits per heavy atom. The molecule has 13 heteroatoms. The summed E-state index contributed by atoms with van der Waals surface area (Å²) in [6.45, 7) is 9.19. The Balaban J connectivity index is 1.26. The molecule has 1 saturated heterocycles. The molecule has 0 radical (unpaired) electrons. The number of rotatable bonds is 14. The van der Waals surface area contributed by atoms with E-state index in [1.54, 1.807) is 42.8 Å². The lowest BCUT2D eigenvalue weighted by atomic mass is 9.45. The zero-order chi connectivity index (χ0) is 39.1. The van der Waals surface area contributed by atoms with Crippen molar-refractivity contribution in [3.8, 4) is 11.1 Å². The van der Waals surface area contributed by atoms with Gasteiger partial charge in [-0.2, -0.15) is 5.06 Å². The molecule has 54 heavy (non-hydrogen) atoms. The standard InChI is InChI=1S/C41H58FN7O4S/c1-23-33-15-28(41(33,3)4)16-34(23)46-40(52)38-36(24(2)50)35(18-43)53-49(38)19-25-10-9-11-32(37(25)42)26-12-27(14-31(13-26)48(7)8)39(51)45-29(20-47(5)6)17-30-21-54-22-44-30/h9-14,21-24,28-29,33-36,38,50H,15-20,43H2,1-8H3,(H,45,51)(H,46,52)/t23-,24-,28+,29-,33-,34-,35-,36+,38-/m0/s1. The highest BCUT2D eigenvalue weighted by Gasteiger charge is 2.57. The van der Waals surface area contributed by atoms with Crippen molar-refractivity contribution in [1.82, 2.24) is 25.6 Å². The van der Waals surface area contributed by atoms with Crippen LogP contribution in [0, 0.1) is 34.9 Å². The van der Waals surface area contributed by atoms with Gasteiger partial charge in [-0.3, -0.25) is 14.4 Å². The predicted molar refractivity (Wildman–Crippen MR) is 211 cm³/mol. The van der Waals surface area contributed by atoms with Crippen LogP contribution in [0.3, 0.4) is 0 Å². The Kier molecular flexibility index (Phi) is 12.2. The minimum atomic E-state index is -0.885. The molecule has 4 aliphatic rings. The van der Waals surface area contributed by atoms with Crippen LogP contribution in [0.1, 0.15) is 62.2 Å². The second kappa shape index (κ2) is 16.3. The first-order valence-corrected chi connectivity index (χ1v) is 20.1. The molecule has 2 amide bonds. The minimum Gasteiger partial charge on any atom is -0.393 e. The van der Waals surface area contributed by atoms with Gasteiger partial charge in [-0.25, -0.2) is 9.37 Å². The number of anilines is 1. The van der Waals surface area contributed by atoms with Crippen molar-refractivity contribution in [2.24, 2.45) is 34.8 Å². The molecule has 1 aromatic heterocycles. The highest BCUT2D eigenvalue weighted by atomic mass is 32.1. The van der Waals surface area contributed by atoms with Crippen molar-refractivity contribution in [2.75, 3.05) is 46.2 Å². The molecule has 9 atom stereocenters. The number of thiazole rings is 1. The fourth-order valence-electron chi connectivity index (χ4n) is 9.24. The van der Waals surface area contributed by atoms with Crippen molar-refractivity contribution >= 4 is 28.8 Å². The SMILES string of the molecule is C[C@@H]1[C@@H](NC(=O)[C@@H]2[C@H]([C@H](C)O)[C@H](CN)ON2Cc2cccc(-c3cc(C(=O)N[C@@H](Cc4cscn4)CN(C)C)cc(N(C)C)c3)c2F)C[C@H]2C[C@@H]1C2(C)C. The monoisotopic (exact) mass is 763 g/mol. The zero-order valence-electron chi connectivity index (χ0n) is 32.9. The van der Waals surface area contributed by atoms with Crippen molar-refractivity contribution in [2.45, 2.75) is 83.8 Å². The first kappa shape index (κ1) is 40.2. The molecule has 7 rings (SSSR count). The molecule has 5 N–H and O–H groups in total. The van der Waals surface area contributed by atoms with Crippen LogP contribution in [0.25, 0.3) is 11.1 Å². The number of benzene rings is 2. The molecule has 2 heterocycles. The molecule has 0 unspecified atom stereocenters. The number of likely N-dealkylation sites (N-methyl/N-ethyl adjacent to an activating group) is 1. The lowest BCUT2D eigenvalue weighted by molar-refractivity contribution is -0.176. The fourth-order valence-corrected chi connectivity index (χ4v) is 9.81. The topological polar surface area (TPSA) is 136 Å². The molecule has 294 valence electrons. The molecule has 3 aromatic rings. The third-order valence-corrected chi connectivity index (χ3v) is 13.0. The third-order valence-electron chi connectivity index (χ3n) is 12.4. The number of hydrogen-bond donors (Lipinski definition) is 4. The van der Waals surface area contributed by atoms with Crippen LogP contribution in [0.5, 0.6) is 0 Å². The van der Waals surface area contributed by atoms with Crippen molar-refractivity contribution in [3.63, 3.8) is 0 Å².